The Labute approximate surface area is 220 Å². The maximum atomic E-state index is 14.6. The van der Waals surface area contributed by atoms with Gasteiger partial charge in [0.25, 0.3) is 0 Å². The zero-order chi connectivity index (χ0) is 27.4. The van der Waals surface area contributed by atoms with Gasteiger partial charge >= 0.3 is 0 Å². The maximum Gasteiger partial charge on any atom is 0.185 e. The smallest absolute Gasteiger partial charge is 0.185 e. The van der Waals surface area contributed by atoms with E-state index in [2.05, 4.69) is 16.8 Å². The minimum absolute atomic E-state index is 0.00873. The second-order valence-corrected chi connectivity index (χ2v) is 11.1. The molecule has 2 aromatic heterocycles. The van der Waals surface area contributed by atoms with Crippen molar-refractivity contribution < 1.29 is 23.1 Å². The number of ketones is 1. The van der Waals surface area contributed by atoms with Gasteiger partial charge in [0, 0.05) is 54.5 Å². The highest BCUT2D eigenvalue weighted by Gasteiger charge is 2.42. The maximum absolute atomic E-state index is 14.6. The molecule has 0 saturated carbocycles. The number of hydrogen-bond acceptors (Lipinski definition) is 5. The number of carbonyl (C=O) groups is 1. The Kier molecular flexibility index (Phi) is 6.80. The van der Waals surface area contributed by atoms with E-state index in [0.29, 0.717) is 19.0 Å². The second-order valence-electron chi connectivity index (χ2n) is 11.1. The van der Waals surface area contributed by atoms with Crippen LogP contribution in [0, 0.1) is 29.3 Å². The van der Waals surface area contributed by atoms with Gasteiger partial charge in [0.05, 0.1) is 11.2 Å². The molecule has 5 nitrogen and oxygen atoms in total. The minimum Gasteiger partial charge on any atom is -0.389 e. The van der Waals surface area contributed by atoms with Crippen LogP contribution >= 0.6 is 0 Å². The number of hydrogen-bond donors (Lipinski definition) is 1. The predicted octanol–water partition coefficient (Wildman–Crippen LogP) is 5.88. The first-order valence-electron chi connectivity index (χ1n) is 13.1. The summed E-state index contributed by atoms with van der Waals surface area (Å²) in [4.78, 5) is 24.5. The molecule has 0 bridgehead atoms. The number of fused-ring (bicyclic) bond motifs is 1. The van der Waals surface area contributed by atoms with Crippen LogP contribution in [0.3, 0.4) is 0 Å². The molecule has 4 atom stereocenters. The third-order valence-electron chi connectivity index (χ3n) is 8.54. The first-order valence-corrected chi connectivity index (χ1v) is 13.1. The molecule has 1 aliphatic carbocycles. The zero-order valence-electron chi connectivity index (χ0n) is 22.1. The van der Waals surface area contributed by atoms with Crippen LogP contribution in [0.4, 0.5) is 18.9 Å². The lowest BCUT2D eigenvalue weighted by molar-refractivity contribution is -0.0504. The van der Waals surface area contributed by atoms with Crippen molar-refractivity contribution in [3.63, 3.8) is 0 Å². The van der Waals surface area contributed by atoms with Crippen molar-refractivity contribution in [1.82, 2.24) is 9.97 Å². The van der Waals surface area contributed by atoms with Crippen LogP contribution in [-0.4, -0.2) is 39.5 Å². The van der Waals surface area contributed by atoms with Crippen molar-refractivity contribution >= 4 is 11.5 Å². The van der Waals surface area contributed by atoms with E-state index in [1.54, 1.807) is 6.20 Å². The van der Waals surface area contributed by atoms with Gasteiger partial charge < -0.3 is 10.0 Å². The van der Waals surface area contributed by atoms with Crippen molar-refractivity contribution in [1.29, 1.82) is 0 Å². The number of aliphatic hydroxyl groups is 1. The summed E-state index contributed by atoms with van der Waals surface area (Å²) in [6.45, 7) is 9.35. The van der Waals surface area contributed by atoms with Gasteiger partial charge in [-0.05, 0) is 55.5 Å². The van der Waals surface area contributed by atoms with E-state index in [1.165, 1.54) is 12.1 Å². The summed E-state index contributed by atoms with van der Waals surface area (Å²) >= 11 is 0. The van der Waals surface area contributed by atoms with Crippen molar-refractivity contribution in [2.75, 3.05) is 18.0 Å². The molecule has 8 heteroatoms. The van der Waals surface area contributed by atoms with Crippen LogP contribution in [0.15, 0.2) is 36.5 Å². The number of rotatable bonds is 5. The van der Waals surface area contributed by atoms with E-state index in [9.17, 15) is 23.1 Å². The van der Waals surface area contributed by atoms with Crippen molar-refractivity contribution in [2.45, 2.75) is 58.5 Å². The van der Waals surface area contributed by atoms with E-state index >= 15 is 0 Å². The second kappa shape index (κ2) is 9.80. The highest BCUT2D eigenvalue weighted by Crippen LogP contribution is 2.43. The number of halogens is 3. The fourth-order valence-corrected chi connectivity index (χ4v) is 5.83. The molecule has 1 aliphatic heterocycles. The van der Waals surface area contributed by atoms with Crippen molar-refractivity contribution in [2.24, 2.45) is 11.8 Å². The molecular weight excluding hydrogens is 491 g/mol. The van der Waals surface area contributed by atoms with Crippen LogP contribution in [0.1, 0.15) is 67.3 Å². The van der Waals surface area contributed by atoms with Crippen molar-refractivity contribution in [3.05, 3.63) is 76.5 Å². The molecule has 0 spiro atoms. The van der Waals surface area contributed by atoms with Crippen LogP contribution in [0.5, 0.6) is 0 Å². The number of pyridine rings is 2. The van der Waals surface area contributed by atoms with E-state index in [4.69, 9.17) is 4.98 Å². The van der Waals surface area contributed by atoms with Gasteiger partial charge in [-0.15, -0.1) is 0 Å². The highest BCUT2D eigenvalue weighted by atomic mass is 19.1. The number of anilines is 1. The molecule has 5 rings (SSSR count). The molecule has 2 aliphatic rings. The summed E-state index contributed by atoms with van der Waals surface area (Å²) in [7, 11) is 0. The molecule has 1 aromatic carbocycles. The molecule has 200 valence electrons. The summed E-state index contributed by atoms with van der Waals surface area (Å²) in [5.41, 5.74) is 1.86. The van der Waals surface area contributed by atoms with Gasteiger partial charge in [0.2, 0.25) is 0 Å². The Morgan fingerprint density at radius 1 is 1.05 bits per heavy atom. The monoisotopic (exact) mass is 523 g/mol. The topological polar surface area (TPSA) is 66.3 Å². The Hall–Kier alpha value is -3.26. The van der Waals surface area contributed by atoms with Crippen LogP contribution in [-0.2, 0) is 12.8 Å². The van der Waals surface area contributed by atoms with E-state index in [1.807, 2.05) is 20.8 Å². The molecule has 3 heterocycles. The summed E-state index contributed by atoms with van der Waals surface area (Å²) in [6, 6.07) is 5.49. The average molecular weight is 524 g/mol. The van der Waals surface area contributed by atoms with E-state index in [0.717, 1.165) is 53.5 Å². The average Bonchev–Trinajstić information content (AvgIpc) is 3.24. The zero-order valence-corrected chi connectivity index (χ0v) is 22.1. The number of benzene rings is 1. The van der Waals surface area contributed by atoms with Crippen molar-refractivity contribution in [3.8, 4) is 11.3 Å². The number of carbonyl (C=O) groups excluding carboxylic acids is 1. The molecule has 3 aromatic rings. The minimum atomic E-state index is -0.954. The molecule has 0 radical (unpaired) electrons. The molecule has 1 saturated heterocycles. The van der Waals surface area contributed by atoms with E-state index < -0.39 is 40.1 Å². The third-order valence-corrected chi connectivity index (χ3v) is 8.54. The molecule has 0 amide bonds. The molecule has 1 N–H and O–H groups in total. The Morgan fingerprint density at radius 3 is 2.37 bits per heavy atom. The van der Waals surface area contributed by atoms with Crippen LogP contribution < -0.4 is 4.90 Å². The van der Waals surface area contributed by atoms with Gasteiger partial charge in [0.15, 0.2) is 5.78 Å². The number of Topliss-reactive ketones (excluding diaryl/α,β-unsaturated/α-hetero) is 1. The number of piperidine rings is 1. The lowest BCUT2D eigenvalue weighted by Gasteiger charge is -2.47. The number of aromatic nitrogens is 2. The Morgan fingerprint density at radius 2 is 1.71 bits per heavy atom. The molecular formula is C30H32F3N3O2. The standard InChI is InChI=1S/C30H32F3N3O2/c1-16-8-9-20-27(16)34-13-19(29(20)36-14-17(2)30(4,38)18(3)15-36)12-25(37)24-11-10-23(33)28(35-24)26-21(31)6-5-7-22(26)32/h5-7,10-11,13,16-18,38H,8-9,12,14-15H2,1-4H3/t16?,17-,18+,30?. The summed E-state index contributed by atoms with van der Waals surface area (Å²) in [5.74, 6) is -2.89. The van der Waals surface area contributed by atoms with Gasteiger partial charge in [-0.3, -0.25) is 9.78 Å². The number of nitrogens with zero attached hydrogens (tertiary/aromatic N) is 3. The summed E-state index contributed by atoms with van der Waals surface area (Å²) in [6.07, 6.45) is 3.51. The lowest BCUT2D eigenvalue weighted by Crippen LogP contribution is -2.55. The first kappa shape index (κ1) is 26.4. The summed E-state index contributed by atoms with van der Waals surface area (Å²) in [5, 5.41) is 11.0. The Balaban J connectivity index is 1.52. The van der Waals surface area contributed by atoms with Gasteiger partial charge in [0.1, 0.15) is 28.8 Å². The van der Waals surface area contributed by atoms with Gasteiger partial charge in [-0.2, -0.15) is 0 Å². The fraction of sp³-hybridized carbons (Fsp3) is 0.433. The first-order chi connectivity index (χ1) is 18.0. The normalized spacial score (nSPS) is 24.9. The quantitative estimate of drug-likeness (QED) is 0.423. The molecule has 1 fully saturated rings. The van der Waals surface area contributed by atoms with Gasteiger partial charge in [-0.25, -0.2) is 18.2 Å². The Bertz CT molecular complexity index is 1370. The third kappa shape index (κ3) is 4.49. The molecule has 38 heavy (non-hydrogen) atoms. The SMILES string of the molecule is CC1CCc2c1ncc(CC(=O)c1ccc(F)c(-c3c(F)cccc3F)n1)c2N1C[C@@H](C)C(C)(O)[C@@H](C)C1. The summed E-state index contributed by atoms with van der Waals surface area (Å²) < 4.78 is 43.3. The van der Waals surface area contributed by atoms with Crippen LogP contribution in [0.25, 0.3) is 11.3 Å². The van der Waals surface area contributed by atoms with Gasteiger partial charge in [-0.1, -0.05) is 26.8 Å². The molecule has 2 unspecified atom stereocenters. The largest absolute Gasteiger partial charge is 0.389 e. The lowest BCUT2D eigenvalue weighted by atomic mass is 9.76. The highest BCUT2D eigenvalue weighted by molar-refractivity contribution is 5.97. The van der Waals surface area contributed by atoms with Crippen LogP contribution in [0.2, 0.25) is 0 Å². The fourth-order valence-electron chi connectivity index (χ4n) is 5.83. The van der Waals surface area contributed by atoms with E-state index in [-0.39, 0.29) is 24.0 Å². The predicted molar refractivity (Wildman–Crippen MR) is 140 cm³/mol.